The van der Waals surface area contributed by atoms with Gasteiger partial charge in [0.05, 0.1) is 0 Å². The molecular weight excluding hydrogens is 382 g/mol. The average Bonchev–Trinajstić information content (AvgIpc) is 3.13. The lowest BCUT2D eigenvalue weighted by molar-refractivity contribution is -0.122. The highest BCUT2D eigenvalue weighted by Crippen LogP contribution is 2.19. The Morgan fingerprint density at radius 1 is 1.04 bits per heavy atom. The normalized spacial score (nSPS) is 11.3. The Balaban J connectivity index is 0.00000261. The average molecular weight is 404 g/mol. The van der Waals surface area contributed by atoms with Gasteiger partial charge in [0.15, 0.2) is 6.10 Å². The molecule has 142 valence electrons. The summed E-state index contributed by atoms with van der Waals surface area (Å²) < 4.78 is 5.75. The standard InChI is InChI=1S/C20H21N3O2S.ClH/c1-2-17(25-16-11-7-4-8-12-16)19(24)21-20-23-22-18(26-20)14-13-15-9-5-3-6-10-15;/h3-12,17H,2,13-14H2,1H3,(H,21,23,24);1H. The Morgan fingerprint density at radius 2 is 1.70 bits per heavy atom. The van der Waals surface area contributed by atoms with Crippen LogP contribution in [0.25, 0.3) is 0 Å². The second kappa shape index (κ2) is 10.6. The first-order valence-corrected chi connectivity index (χ1v) is 9.45. The summed E-state index contributed by atoms with van der Waals surface area (Å²) in [6.45, 7) is 1.92. The van der Waals surface area contributed by atoms with Crippen molar-refractivity contribution in [1.29, 1.82) is 0 Å². The van der Waals surface area contributed by atoms with Gasteiger partial charge in [-0.25, -0.2) is 0 Å². The fourth-order valence-corrected chi connectivity index (χ4v) is 3.21. The number of rotatable bonds is 8. The van der Waals surface area contributed by atoms with Crippen LogP contribution in [-0.4, -0.2) is 22.2 Å². The molecular formula is C20H22ClN3O2S. The van der Waals surface area contributed by atoms with Gasteiger partial charge < -0.3 is 4.74 Å². The van der Waals surface area contributed by atoms with Crippen molar-refractivity contribution in [2.24, 2.45) is 0 Å². The quantitative estimate of drug-likeness (QED) is 0.599. The van der Waals surface area contributed by atoms with E-state index >= 15 is 0 Å². The number of carbonyl (C=O) groups is 1. The molecule has 0 aliphatic rings. The van der Waals surface area contributed by atoms with Crippen LogP contribution in [0.5, 0.6) is 5.75 Å². The van der Waals surface area contributed by atoms with Crippen LogP contribution in [0.1, 0.15) is 23.9 Å². The van der Waals surface area contributed by atoms with Gasteiger partial charge in [-0.2, -0.15) is 0 Å². The molecule has 2 aromatic carbocycles. The Labute approximate surface area is 169 Å². The number of para-hydroxylation sites is 1. The second-order valence-electron chi connectivity index (χ2n) is 5.80. The molecule has 0 fully saturated rings. The van der Waals surface area contributed by atoms with Crippen molar-refractivity contribution in [3.63, 3.8) is 0 Å². The summed E-state index contributed by atoms with van der Waals surface area (Å²) in [6.07, 6.45) is 1.71. The van der Waals surface area contributed by atoms with Crippen molar-refractivity contribution < 1.29 is 9.53 Å². The summed E-state index contributed by atoms with van der Waals surface area (Å²) in [7, 11) is 0. The van der Waals surface area contributed by atoms with E-state index in [2.05, 4.69) is 27.6 Å². The fraction of sp³-hybridized carbons (Fsp3) is 0.250. The van der Waals surface area contributed by atoms with Gasteiger partial charge in [-0.1, -0.05) is 66.8 Å². The molecule has 1 atom stereocenters. The van der Waals surface area contributed by atoms with Gasteiger partial charge in [-0.3, -0.25) is 10.1 Å². The smallest absolute Gasteiger partial charge is 0.267 e. The fourth-order valence-electron chi connectivity index (χ4n) is 2.47. The highest BCUT2D eigenvalue weighted by molar-refractivity contribution is 7.15. The number of anilines is 1. The molecule has 1 N–H and O–H groups in total. The Morgan fingerprint density at radius 3 is 2.37 bits per heavy atom. The molecule has 0 radical (unpaired) electrons. The van der Waals surface area contributed by atoms with Crippen molar-refractivity contribution in [3.05, 3.63) is 71.2 Å². The number of nitrogens with one attached hydrogen (secondary N) is 1. The maximum Gasteiger partial charge on any atom is 0.267 e. The van der Waals surface area contributed by atoms with E-state index in [4.69, 9.17) is 4.74 Å². The molecule has 0 saturated heterocycles. The third kappa shape index (κ3) is 6.34. The summed E-state index contributed by atoms with van der Waals surface area (Å²) >= 11 is 1.40. The number of aromatic nitrogens is 2. The molecule has 0 saturated carbocycles. The minimum Gasteiger partial charge on any atom is -0.481 e. The van der Waals surface area contributed by atoms with Crippen LogP contribution in [0.15, 0.2) is 60.7 Å². The number of aryl methyl sites for hydroxylation is 2. The number of hydrogen-bond acceptors (Lipinski definition) is 5. The summed E-state index contributed by atoms with van der Waals surface area (Å²) in [5, 5.41) is 12.5. The first-order valence-electron chi connectivity index (χ1n) is 8.63. The topological polar surface area (TPSA) is 64.1 Å². The Hall–Kier alpha value is -2.44. The molecule has 3 aromatic rings. The summed E-state index contributed by atoms with van der Waals surface area (Å²) in [5.74, 6) is 0.470. The number of ether oxygens (including phenoxy) is 1. The highest BCUT2D eigenvalue weighted by atomic mass is 35.5. The molecule has 0 aliphatic carbocycles. The van der Waals surface area contributed by atoms with Crippen LogP contribution in [0.3, 0.4) is 0 Å². The van der Waals surface area contributed by atoms with Crippen molar-refractivity contribution in [2.45, 2.75) is 32.3 Å². The molecule has 1 aromatic heterocycles. The second-order valence-corrected chi connectivity index (χ2v) is 6.87. The zero-order valence-corrected chi connectivity index (χ0v) is 16.6. The zero-order valence-electron chi connectivity index (χ0n) is 15.0. The minimum atomic E-state index is -0.561. The third-order valence-electron chi connectivity index (χ3n) is 3.85. The van der Waals surface area contributed by atoms with Gasteiger partial charge in [-0.05, 0) is 30.5 Å². The van der Waals surface area contributed by atoms with Crippen molar-refractivity contribution >= 4 is 34.8 Å². The number of halogens is 1. The summed E-state index contributed by atoms with van der Waals surface area (Å²) in [4.78, 5) is 12.4. The monoisotopic (exact) mass is 403 g/mol. The lowest BCUT2D eigenvalue weighted by Crippen LogP contribution is -2.32. The van der Waals surface area contributed by atoms with E-state index in [1.165, 1.54) is 16.9 Å². The maximum absolute atomic E-state index is 12.4. The largest absolute Gasteiger partial charge is 0.481 e. The molecule has 1 heterocycles. The summed E-state index contributed by atoms with van der Waals surface area (Å²) in [5.41, 5.74) is 1.26. The van der Waals surface area contributed by atoms with E-state index in [0.717, 1.165) is 17.8 Å². The molecule has 0 bridgehead atoms. The SMILES string of the molecule is CCC(Oc1ccccc1)C(=O)Nc1nnc(CCc2ccccc2)s1.Cl. The molecule has 7 heteroatoms. The molecule has 5 nitrogen and oxygen atoms in total. The molecule has 1 amide bonds. The van der Waals surface area contributed by atoms with Gasteiger partial charge in [0.1, 0.15) is 10.8 Å². The number of amides is 1. The van der Waals surface area contributed by atoms with Crippen LogP contribution in [0.4, 0.5) is 5.13 Å². The van der Waals surface area contributed by atoms with Crippen molar-refractivity contribution in [3.8, 4) is 5.75 Å². The van der Waals surface area contributed by atoms with Crippen LogP contribution in [0.2, 0.25) is 0 Å². The van der Waals surface area contributed by atoms with E-state index in [-0.39, 0.29) is 18.3 Å². The first kappa shape index (κ1) is 20.9. The predicted molar refractivity (Wildman–Crippen MR) is 111 cm³/mol. The minimum absolute atomic E-state index is 0. The molecule has 1 unspecified atom stereocenters. The van der Waals surface area contributed by atoms with Gasteiger partial charge >= 0.3 is 0 Å². The van der Waals surface area contributed by atoms with E-state index in [9.17, 15) is 4.79 Å². The Kier molecular flexibility index (Phi) is 8.23. The van der Waals surface area contributed by atoms with Gasteiger partial charge in [0.25, 0.3) is 5.91 Å². The van der Waals surface area contributed by atoms with Crippen LogP contribution >= 0.6 is 23.7 Å². The third-order valence-corrected chi connectivity index (χ3v) is 4.75. The molecule has 0 spiro atoms. The van der Waals surface area contributed by atoms with Crippen molar-refractivity contribution in [1.82, 2.24) is 10.2 Å². The van der Waals surface area contributed by atoms with E-state index < -0.39 is 6.10 Å². The number of benzene rings is 2. The van der Waals surface area contributed by atoms with Gasteiger partial charge in [-0.15, -0.1) is 22.6 Å². The van der Waals surface area contributed by atoms with Gasteiger partial charge in [0.2, 0.25) is 5.13 Å². The summed E-state index contributed by atoms with van der Waals surface area (Å²) in [6, 6.07) is 19.6. The van der Waals surface area contributed by atoms with E-state index in [0.29, 0.717) is 17.3 Å². The number of nitrogens with zero attached hydrogens (tertiary/aromatic N) is 2. The molecule has 27 heavy (non-hydrogen) atoms. The highest BCUT2D eigenvalue weighted by Gasteiger charge is 2.20. The number of hydrogen-bond donors (Lipinski definition) is 1. The molecule has 0 aliphatic heterocycles. The van der Waals surface area contributed by atoms with Crippen LogP contribution in [0, 0.1) is 0 Å². The lowest BCUT2D eigenvalue weighted by atomic mass is 10.1. The predicted octanol–water partition coefficient (Wildman–Crippen LogP) is 4.54. The van der Waals surface area contributed by atoms with Crippen molar-refractivity contribution in [2.75, 3.05) is 5.32 Å². The Bertz CT molecular complexity index is 828. The van der Waals surface area contributed by atoms with Crippen LogP contribution < -0.4 is 10.1 Å². The lowest BCUT2D eigenvalue weighted by Gasteiger charge is -2.16. The number of carbonyl (C=O) groups excluding carboxylic acids is 1. The van der Waals surface area contributed by atoms with E-state index in [1.54, 1.807) is 0 Å². The van der Waals surface area contributed by atoms with E-state index in [1.807, 2.05) is 55.5 Å². The van der Waals surface area contributed by atoms with Gasteiger partial charge in [0, 0.05) is 6.42 Å². The zero-order chi connectivity index (χ0) is 18.2. The maximum atomic E-state index is 12.4. The molecule has 3 rings (SSSR count). The van der Waals surface area contributed by atoms with Crippen LogP contribution in [-0.2, 0) is 17.6 Å². The first-order chi connectivity index (χ1) is 12.7.